The molecular formula is C16H11N3O4. The van der Waals surface area contributed by atoms with Gasteiger partial charge in [0.1, 0.15) is 0 Å². The molecule has 1 N–H and O–H groups in total. The predicted molar refractivity (Wildman–Crippen MR) is 83.0 cm³/mol. The number of carbonyl (C=O) groups is 1. The van der Waals surface area contributed by atoms with Gasteiger partial charge in [0.2, 0.25) is 0 Å². The van der Waals surface area contributed by atoms with Crippen molar-refractivity contribution in [1.82, 2.24) is 5.16 Å². The standard InChI is InChI=1S/C16H11N3O4/c20-16(17-12-7-4-8-13(9-12)19(21)22)14-10-15(23-18-14)11-5-2-1-3-6-11/h1-10H,(H,17,20). The van der Waals surface area contributed by atoms with Gasteiger partial charge in [0.05, 0.1) is 4.92 Å². The molecule has 1 heterocycles. The Balaban J connectivity index is 1.78. The molecule has 23 heavy (non-hydrogen) atoms. The Morgan fingerprint density at radius 3 is 2.61 bits per heavy atom. The van der Waals surface area contributed by atoms with Gasteiger partial charge in [0.15, 0.2) is 11.5 Å². The molecule has 2 aromatic carbocycles. The molecule has 0 saturated carbocycles. The molecule has 7 nitrogen and oxygen atoms in total. The number of aromatic nitrogens is 1. The molecule has 0 atom stereocenters. The van der Waals surface area contributed by atoms with E-state index in [4.69, 9.17) is 4.52 Å². The second-order valence-corrected chi connectivity index (χ2v) is 4.70. The van der Waals surface area contributed by atoms with Crippen molar-refractivity contribution < 1.29 is 14.2 Å². The molecule has 0 aliphatic heterocycles. The minimum Gasteiger partial charge on any atom is -0.355 e. The number of nitrogens with zero attached hydrogens (tertiary/aromatic N) is 2. The van der Waals surface area contributed by atoms with Crippen LogP contribution in [0.15, 0.2) is 65.2 Å². The second kappa shape index (κ2) is 6.10. The Hall–Kier alpha value is -3.48. The van der Waals surface area contributed by atoms with Crippen LogP contribution in [0.2, 0.25) is 0 Å². The topological polar surface area (TPSA) is 98.3 Å². The Bertz CT molecular complexity index is 859. The van der Waals surface area contributed by atoms with Crippen molar-refractivity contribution in [2.45, 2.75) is 0 Å². The lowest BCUT2D eigenvalue weighted by atomic mass is 10.1. The van der Waals surface area contributed by atoms with E-state index in [0.29, 0.717) is 11.4 Å². The molecule has 0 fully saturated rings. The quantitative estimate of drug-likeness (QED) is 0.587. The van der Waals surface area contributed by atoms with Crippen molar-refractivity contribution in [3.8, 4) is 11.3 Å². The maximum Gasteiger partial charge on any atom is 0.277 e. The molecule has 1 aromatic heterocycles. The van der Waals surface area contributed by atoms with Gasteiger partial charge in [-0.15, -0.1) is 0 Å². The number of nitro benzene ring substituents is 1. The number of hydrogen-bond acceptors (Lipinski definition) is 5. The molecule has 0 aliphatic carbocycles. The maximum atomic E-state index is 12.1. The summed E-state index contributed by atoms with van der Waals surface area (Å²) in [5.74, 6) is -0.0359. The fourth-order valence-electron chi connectivity index (χ4n) is 2.01. The second-order valence-electron chi connectivity index (χ2n) is 4.70. The van der Waals surface area contributed by atoms with Crippen LogP contribution in [0.25, 0.3) is 11.3 Å². The fourth-order valence-corrected chi connectivity index (χ4v) is 2.01. The zero-order valence-electron chi connectivity index (χ0n) is 11.8. The van der Waals surface area contributed by atoms with Crippen molar-refractivity contribution in [2.24, 2.45) is 0 Å². The minimum absolute atomic E-state index is 0.0929. The number of amides is 1. The van der Waals surface area contributed by atoms with Gasteiger partial charge in [0.25, 0.3) is 11.6 Å². The highest BCUT2D eigenvalue weighted by Gasteiger charge is 2.15. The van der Waals surface area contributed by atoms with Crippen LogP contribution >= 0.6 is 0 Å². The lowest BCUT2D eigenvalue weighted by Gasteiger charge is -2.01. The third-order valence-corrected chi connectivity index (χ3v) is 3.12. The first-order valence-electron chi connectivity index (χ1n) is 6.71. The molecule has 0 unspecified atom stereocenters. The van der Waals surface area contributed by atoms with E-state index in [0.717, 1.165) is 5.56 Å². The van der Waals surface area contributed by atoms with Gasteiger partial charge in [-0.1, -0.05) is 41.6 Å². The number of nitro groups is 1. The predicted octanol–water partition coefficient (Wildman–Crippen LogP) is 3.50. The van der Waals surface area contributed by atoms with E-state index in [1.807, 2.05) is 30.3 Å². The minimum atomic E-state index is -0.529. The summed E-state index contributed by atoms with van der Waals surface area (Å²) in [6.45, 7) is 0. The molecule has 0 radical (unpaired) electrons. The van der Waals surface area contributed by atoms with E-state index in [9.17, 15) is 14.9 Å². The Kier molecular flexibility index (Phi) is 3.84. The number of non-ortho nitro benzene ring substituents is 1. The summed E-state index contributed by atoms with van der Waals surface area (Å²) in [4.78, 5) is 22.3. The molecule has 3 aromatic rings. The average Bonchev–Trinajstić information content (AvgIpc) is 3.06. The van der Waals surface area contributed by atoms with Crippen LogP contribution in [0.4, 0.5) is 11.4 Å². The van der Waals surface area contributed by atoms with Crippen molar-refractivity contribution in [1.29, 1.82) is 0 Å². The van der Waals surface area contributed by atoms with Crippen molar-refractivity contribution in [2.75, 3.05) is 5.32 Å². The average molecular weight is 309 g/mol. The molecule has 0 spiro atoms. The van der Waals surface area contributed by atoms with Crippen LogP contribution in [0, 0.1) is 10.1 Å². The van der Waals surface area contributed by atoms with Crippen LogP contribution in [-0.4, -0.2) is 16.0 Å². The monoisotopic (exact) mass is 309 g/mol. The smallest absolute Gasteiger partial charge is 0.277 e. The summed E-state index contributed by atoms with van der Waals surface area (Å²) in [5.41, 5.74) is 1.10. The fraction of sp³-hybridized carbons (Fsp3) is 0. The van der Waals surface area contributed by atoms with Gasteiger partial charge in [-0.3, -0.25) is 14.9 Å². The molecule has 7 heteroatoms. The third-order valence-electron chi connectivity index (χ3n) is 3.12. The number of nitrogens with one attached hydrogen (secondary N) is 1. The summed E-state index contributed by atoms with van der Waals surface area (Å²) in [6, 6.07) is 16.4. The number of anilines is 1. The van der Waals surface area contributed by atoms with Crippen LogP contribution in [0.3, 0.4) is 0 Å². The lowest BCUT2D eigenvalue weighted by molar-refractivity contribution is -0.384. The SMILES string of the molecule is O=C(Nc1cccc([N+](=O)[O-])c1)c1cc(-c2ccccc2)on1. The van der Waals surface area contributed by atoms with E-state index in [2.05, 4.69) is 10.5 Å². The van der Waals surface area contributed by atoms with Crippen molar-refractivity contribution >= 4 is 17.3 Å². The van der Waals surface area contributed by atoms with E-state index >= 15 is 0 Å². The molecule has 114 valence electrons. The van der Waals surface area contributed by atoms with Crippen molar-refractivity contribution in [3.63, 3.8) is 0 Å². The first-order valence-corrected chi connectivity index (χ1v) is 6.71. The summed E-state index contributed by atoms with van der Waals surface area (Å²) in [5, 5.41) is 17.0. The first-order chi connectivity index (χ1) is 11.1. The van der Waals surface area contributed by atoms with E-state index in [1.165, 1.54) is 24.3 Å². The molecule has 3 rings (SSSR count). The summed E-state index contributed by atoms with van der Waals surface area (Å²) < 4.78 is 5.15. The Labute approximate surface area is 130 Å². The van der Waals surface area contributed by atoms with Gasteiger partial charge >= 0.3 is 0 Å². The first kappa shape index (κ1) is 14.5. The molecule has 0 bridgehead atoms. The maximum absolute atomic E-state index is 12.1. The van der Waals surface area contributed by atoms with E-state index in [-0.39, 0.29) is 11.4 Å². The number of carbonyl (C=O) groups excluding carboxylic acids is 1. The Morgan fingerprint density at radius 1 is 1.09 bits per heavy atom. The third kappa shape index (κ3) is 3.24. The van der Waals surface area contributed by atoms with Crippen LogP contribution in [0.1, 0.15) is 10.5 Å². The number of hydrogen-bond donors (Lipinski definition) is 1. The number of rotatable bonds is 4. The normalized spacial score (nSPS) is 10.3. The highest BCUT2D eigenvalue weighted by atomic mass is 16.6. The molecular weight excluding hydrogens is 298 g/mol. The summed E-state index contributed by atoms with van der Waals surface area (Å²) >= 11 is 0. The van der Waals surface area contributed by atoms with Gasteiger partial charge < -0.3 is 9.84 Å². The van der Waals surface area contributed by atoms with Gasteiger partial charge in [0, 0.05) is 29.4 Å². The molecule has 1 amide bonds. The van der Waals surface area contributed by atoms with Crippen LogP contribution < -0.4 is 5.32 Å². The van der Waals surface area contributed by atoms with E-state index in [1.54, 1.807) is 6.07 Å². The molecule has 0 aliphatic rings. The zero-order chi connectivity index (χ0) is 16.2. The van der Waals surface area contributed by atoms with Gasteiger partial charge in [-0.05, 0) is 6.07 Å². The lowest BCUT2D eigenvalue weighted by Crippen LogP contribution is -2.12. The van der Waals surface area contributed by atoms with E-state index < -0.39 is 10.8 Å². The summed E-state index contributed by atoms with van der Waals surface area (Å²) in [7, 11) is 0. The zero-order valence-corrected chi connectivity index (χ0v) is 11.8. The van der Waals surface area contributed by atoms with Crippen LogP contribution in [-0.2, 0) is 0 Å². The number of benzene rings is 2. The Morgan fingerprint density at radius 2 is 1.87 bits per heavy atom. The largest absolute Gasteiger partial charge is 0.355 e. The molecule has 0 saturated heterocycles. The van der Waals surface area contributed by atoms with Crippen LogP contribution in [0.5, 0.6) is 0 Å². The highest BCUT2D eigenvalue weighted by molar-refractivity contribution is 6.03. The van der Waals surface area contributed by atoms with Gasteiger partial charge in [-0.2, -0.15) is 0 Å². The van der Waals surface area contributed by atoms with Crippen molar-refractivity contribution in [3.05, 3.63) is 76.5 Å². The highest BCUT2D eigenvalue weighted by Crippen LogP contribution is 2.21. The summed E-state index contributed by atoms with van der Waals surface area (Å²) in [6.07, 6.45) is 0. The van der Waals surface area contributed by atoms with Gasteiger partial charge in [-0.25, -0.2) is 0 Å².